The number of hydrogen-bond donors (Lipinski definition) is 2. The van der Waals surface area contributed by atoms with Crippen LogP contribution in [0.1, 0.15) is 56.7 Å². The van der Waals surface area contributed by atoms with E-state index in [-0.39, 0.29) is 23.9 Å². The van der Waals surface area contributed by atoms with Crippen molar-refractivity contribution in [2.24, 2.45) is 11.8 Å². The van der Waals surface area contributed by atoms with E-state index in [2.05, 4.69) is 48.7 Å². The Balaban J connectivity index is 1.66. The lowest BCUT2D eigenvalue weighted by molar-refractivity contribution is -0.126. The van der Waals surface area contributed by atoms with Crippen molar-refractivity contribution in [3.8, 4) is 0 Å². The average molecular weight is 314 g/mol. The highest BCUT2D eigenvalue weighted by atomic mass is 16.2. The van der Waals surface area contributed by atoms with Gasteiger partial charge in [-0.1, -0.05) is 38.1 Å². The molecular formula is C19H26N2O2. The first-order valence-corrected chi connectivity index (χ1v) is 8.71. The van der Waals surface area contributed by atoms with E-state index in [0.717, 1.165) is 19.3 Å². The van der Waals surface area contributed by atoms with Gasteiger partial charge in [0.2, 0.25) is 11.8 Å². The molecule has 0 radical (unpaired) electrons. The molecule has 2 N–H and O–H groups in total. The fourth-order valence-corrected chi connectivity index (χ4v) is 3.30. The van der Waals surface area contributed by atoms with Crippen LogP contribution in [0.5, 0.6) is 0 Å². The predicted molar refractivity (Wildman–Crippen MR) is 89.8 cm³/mol. The molecule has 2 fully saturated rings. The molecular weight excluding hydrogens is 288 g/mol. The van der Waals surface area contributed by atoms with Crippen molar-refractivity contribution in [2.45, 2.75) is 58.0 Å². The van der Waals surface area contributed by atoms with Crippen LogP contribution in [0.2, 0.25) is 0 Å². The second-order valence-corrected chi connectivity index (χ2v) is 7.32. The molecule has 1 aliphatic carbocycles. The lowest BCUT2D eigenvalue weighted by Gasteiger charge is -2.21. The van der Waals surface area contributed by atoms with Crippen LogP contribution >= 0.6 is 0 Å². The predicted octanol–water partition coefficient (Wildman–Crippen LogP) is 2.73. The summed E-state index contributed by atoms with van der Waals surface area (Å²) in [5.74, 6) is 1.11. The molecule has 4 nitrogen and oxygen atoms in total. The van der Waals surface area contributed by atoms with Crippen LogP contribution in [0, 0.1) is 11.8 Å². The quantitative estimate of drug-likeness (QED) is 0.848. The van der Waals surface area contributed by atoms with Gasteiger partial charge in [0.15, 0.2) is 0 Å². The molecule has 2 aliphatic rings. The molecule has 1 heterocycles. The molecule has 124 valence electrons. The highest BCUT2D eigenvalue weighted by molar-refractivity contribution is 5.91. The summed E-state index contributed by atoms with van der Waals surface area (Å²) >= 11 is 0. The maximum Gasteiger partial charge on any atom is 0.243 e. The van der Waals surface area contributed by atoms with Crippen molar-refractivity contribution in [1.29, 1.82) is 0 Å². The summed E-state index contributed by atoms with van der Waals surface area (Å²) in [4.78, 5) is 23.7. The zero-order chi connectivity index (χ0) is 16.4. The maximum absolute atomic E-state index is 12.4. The highest BCUT2D eigenvalue weighted by Crippen LogP contribution is 2.41. The third-order valence-corrected chi connectivity index (χ3v) is 4.69. The molecule has 0 aromatic heterocycles. The highest BCUT2D eigenvalue weighted by Gasteiger charge is 2.36. The van der Waals surface area contributed by atoms with Gasteiger partial charge >= 0.3 is 0 Å². The Bertz CT molecular complexity index is 576. The fraction of sp³-hybridized carbons (Fsp3) is 0.579. The maximum atomic E-state index is 12.4. The number of amides is 2. The van der Waals surface area contributed by atoms with Crippen molar-refractivity contribution < 1.29 is 9.59 Å². The molecule has 1 aromatic carbocycles. The van der Waals surface area contributed by atoms with Crippen molar-refractivity contribution in [2.75, 3.05) is 0 Å². The smallest absolute Gasteiger partial charge is 0.243 e. The van der Waals surface area contributed by atoms with Gasteiger partial charge < -0.3 is 10.6 Å². The van der Waals surface area contributed by atoms with Gasteiger partial charge in [-0.15, -0.1) is 0 Å². The van der Waals surface area contributed by atoms with Crippen LogP contribution < -0.4 is 10.6 Å². The molecule has 1 aromatic rings. The normalized spacial score (nSPS) is 22.0. The Morgan fingerprint density at radius 1 is 1.22 bits per heavy atom. The van der Waals surface area contributed by atoms with Crippen molar-refractivity contribution in [3.05, 3.63) is 35.4 Å². The van der Waals surface area contributed by atoms with Gasteiger partial charge in [-0.2, -0.15) is 0 Å². The minimum atomic E-state index is -0.357. The third-order valence-electron chi connectivity index (χ3n) is 4.69. The number of hydrogen-bond acceptors (Lipinski definition) is 2. The van der Waals surface area contributed by atoms with E-state index in [4.69, 9.17) is 0 Å². The van der Waals surface area contributed by atoms with Crippen LogP contribution in [0.3, 0.4) is 0 Å². The van der Waals surface area contributed by atoms with E-state index in [9.17, 15) is 9.59 Å². The van der Waals surface area contributed by atoms with Gasteiger partial charge in [0.05, 0.1) is 6.04 Å². The molecule has 23 heavy (non-hydrogen) atoms. The molecule has 1 aliphatic heterocycles. The topological polar surface area (TPSA) is 58.2 Å². The first-order chi connectivity index (χ1) is 11.0. The molecule has 1 saturated heterocycles. The molecule has 0 spiro atoms. The minimum Gasteiger partial charge on any atom is -0.347 e. The number of carbonyl (C=O) groups excluding carboxylic acids is 2. The second kappa shape index (κ2) is 6.73. The summed E-state index contributed by atoms with van der Waals surface area (Å²) in [6.45, 7) is 4.44. The van der Waals surface area contributed by atoms with Crippen LogP contribution in [-0.4, -0.2) is 17.9 Å². The van der Waals surface area contributed by atoms with Gasteiger partial charge in [-0.3, -0.25) is 9.59 Å². The van der Waals surface area contributed by atoms with Gasteiger partial charge in [0.25, 0.3) is 0 Å². The van der Waals surface area contributed by atoms with Gasteiger partial charge in [0, 0.05) is 6.42 Å². The van der Waals surface area contributed by atoms with Gasteiger partial charge in [0.1, 0.15) is 6.04 Å². The van der Waals surface area contributed by atoms with Crippen LogP contribution in [0.15, 0.2) is 24.3 Å². The van der Waals surface area contributed by atoms with E-state index in [1.165, 1.54) is 11.1 Å². The van der Waals surface area contributed by atoms with Crippen molar-refractivity contribution in [1.82, 2.24) is 10.6 Å². The van der Waals surface area contributed by atoms with Crippen molar-refractivity contribution in [3.63, 3.8) is 0 Å². The lowest BCUT2D eigenvalue weighted by Crippen LogP contribution is -2.43. The summed E-state index contributed by atoms with van der Waals surface area (Å²) in [7, 11) is 0. The van der Waals surface area contributed by atoms with E-state index in [1.807, 2.05) is 0 Å². The second-order valence-electron chi connectivity index (χ2n) is 7.32. The van der Waals surface area contributed by atoms with Crippen molar-refractivity contribution >= 4 is 11.8 Å². The van der Waals surface area contributed by atoms with E-state index >= 15 is 0 Å². The van der Waals surface area contributed by atoms with E-state index in [1.54, 1.807) is 0 Å². The number of carbonyl (C=O) groups is 2. The summed E-state index contributed by atoms with van der Waals surface area (Å²) in [5, 5.41) is 5.91. The summed E-state index contributed by atoms with van der Waals surface area (Å²) in [6.07, 6.45) is 4.46. The fourth-order valence-electron chi connectivity index (χ4n) is 3.30. The molecule has 0 unspecified atom stereocenters. The molecule has 1 saturated carbocycles. The van der Waals surface area contributed by atoms with Crippen LogP contribution in [0.4, 0.5) is 0 Å². The zero-order valence-corrected chi connectivity index (χ0v) is 14.0. The monoisotopic (exact) mass is 314 g/mol. The van der Waals surface area contributed by atoms with Gasteiger partial charge in [-0.25, -0.2) is 0 Å². The summed E-state index contributed by atoms with van der Waals surface area (Å²) in [6, 6.07) is 8.36. The number of nitrogens with one attached hydrogen (secondary N) is 2. The number of benzene rings is 1. The largest absolute Gasteiger partial charge is 0.347 e. The first kappa shape index (κ1) is 16.0. The Hall–Kier alpha value is -1.84. The summed E-state index contributed by atoms with van der Waals surface area (Å²) < 4.78 is 0. The zero-order valence-electron chi connectivity index (χ0n) is 14.0. The summed E-state index contributed by atoms with van der Waals surface area (Å²) in [5.41, 5.74) is 2.52. The Kier molecular flexibility index (Phi) is 4.69. The van der Waals surface area contributed by atoms with Gasteiger partial charge in [-0.05, 0) is 48.6 Å². The average Bonchev–Trinajstić information content (AvgIpc) is 3.26. The third kappa shape index (κ3) is 4.12. The van der Waals surface area contributed by atoms with Crippen LogP contribution in [0.25, 0.3) is 0 Å². The Morgan fingerprint density at radius 2 is 1.91 bits per heavy atom. The Labute approximate surface area is 138 Å². The first-order valence-electron chi connectivity index (χ1n) is 8.71. The SMILES string of the molecule is CC(C)Cc1ccc([C@@H](NC(=O)[C@H]2CCC(=O)N2)C2CC2)cc1. The molecule has 4 heteroatoms. The van der Waals surface area contributed by atoms with E-state index < -0.39 is 0 Å². The number of rotatable bonds is 6. The molecule has 0 bridgehead atoms. The standard InChI is InChI=1S/C19H26N2O2/c1-12(2)11-13-3-5-14(6-4-13)18(15-7-8-15)21-19(23)16-9-10-17(22)20-16/h3-6,12,15-16,18H,7-11H2,1-2H3,(H,20,22)(H,21,23)/t16-,18-/m1/s1. The molecule has 2 atom stereocenters. The van der Waals surface area contributed by atoms with E-state index in [0.29, 0.717) is 24.7 Å². The molecule has 2 amide bonds. The minimum absolute atomic E-state index is 0.0221. The molecule has 3 rings (SSSR count). The Morgan fingerprint density at radius 3 is 2.43 bits per heavy atom. The lowest BCUT2D eigenvalue weighted by atomic mass is 9.97. The van der Waals surface area contributed by atoms with Crippen LogP contribution in [-0.2, 0) is 16.0 Å².